The Balaban J connectivity index is 1.54. The van der Waals surface area contributed by atoms with E-state index in [1.54, 1.807) is 24.2 Å². The molecule has 0 aliphatic carbocycles. The quantitative estimate of drug-likeness (QED) is 0.323. The van der Waals surface area contributed by atoms with Gasteiger partial charge in [-0.25, -0.2) is 19.0 Å². The first-order chi connectivity index (χ1) is 15.9. The molecule has 166 valence electrons. The van der Waals surface area contributed by atoms with Crippen LogP contribution in [-0.2, 0) is 0 Å². The maximum absolute atomic E-state index is 13.6. The zero-order valence-corrected chi connectivity index (χ0v) is 19.8. The normalized spacial score (nSPS) is 11.2. The molecule has 0 radical (unpaired) electrons. The van der Waals surface area contributed by atoms with Crippen LogP contribution in [0.1, 0.15) is 11.4 Å². The third-order valence-corrected chi connectivity index (χ3v) is 5.73. The number of anilines is 2. The first-order valence-corrected chi connectivity index (χ1v) is 11.0. The highest BCUT2D eigenvalue weighted by Crippen LogP contribution is 2.32. The Bertz CT molecular complexity index is 1490. The van der Waals surface area contributed by atoms with E-state index in [1.807, 2.05) is 54.9 Å². The summed E-state index contributed by atoms with van der Waals surface area (Å²) in [7, 11) is 1.62. The average Bonchev–Trinajstić information content (AvgIpc) is 3.40. The second-order valence-corrected chi connectivity index (χ2v) is 8.55. The molecule has 5 rings (SSSR count). The Morgan fingerprint density at radius 3 is 2.64 bits per heavy atom. The maximum atomic E-state index is 13.6. The minimum absolute atomic E-state index is 0.261. The molecule has 0 bridgehead atoms. The van der Waals surface area contributed by atoms with Crippen molar-refractivity contribution in [1.29, 1.82) is 0 Å². The van der Waals surface area contributed by atoms with E-state index in [-0.39, 0.29) is 5.82 Å². The van der Waals surface area contributed by atoms with Gasteiger partial charge in [0.25, 0.3) is 0 Å². The van der Waals surface area contributed by atoms with Gasteiger partial charge >= 0.3 is 0 Å². The molecule has 0 amide bonds. The van der Waals surface area contributed by atoms with Crippen molar-refractivity contribution in [3.05, 3.63) is 82.9 Å². The van der Waals surface area contributed by atoms with Crippen molar-refractivity contribution >= 4 is 33.0 Å². The standard InChI is InChI=1S/C24H20BrFN6O/c1-14-8-17(26)4-6-19(14)21-12-31-11-16(25)9-20(24(31)29-21)28-18-5-7-22(23(10-18)33-3)32-13-27-15(2)30-32/h4-13,28H,1-3H3. The summed E-state index contributed by atoms with van der Waals surface area (Å²) < 4.78 is 23.7. The number of methoxy groups -OCH3 is 1. The maximum Gasteiger partial charge on any atom is 0.161 e. The Morgan fingerprint density at radius 1 is 1.06 bits per heavy atom. The molecule has 0 spiro atoms. The van der Waals surface area contributed by atoms with E-state index in [1.165, 1.54) is 12.1 Å². The lowest BCUT2D eigenvalue weighted by atomic mass is 10.1. The Labute approximate surface area is 198 Å². The highest BCUT2D eigenvalue weighted by atomic mass is 79.9. The molecule has 0 atom stereocenters. The second-order valence-electron chi connectivity index (χ2n) is 7.64. The summed E-state index contributed by atoms with van der Waals surface area (Å²) >= 11 is 3.58. The van der Waals surface area contributed by atoms with Crippen LogP contribution < -0.4 is 10.1 Å². The molecule has 0 fully saturated rings. The number of rotatable bonds is 5. The van der Waals surface area contributed by atoms with E-state index in [4.69, 9.17) is 9.72 Å². The summed E-state index contributed by atoms with van der Waals surface area (Å²) in [6.45, 7) is 3.71. The summed E-state index contributed by atoms with van der Waals surface area (Å²) in [5.74, 6) is 1.08. The van der Waals surface area contributed by atoms with Crippen LogP contribution in [0.25, 0.3) is 22.6 Å². The summed E-state index contributed by atoms with van der Waals surface area (Å²) in [6.07, 6.45) is 5.52. The molecule has 0 saturated heterocycles. The first kappa shape index (κ1) is 21.1. The number of halogens is 2. The highest BCUT2D eigenvalue weighted by Gasteiger charge is 2.14. The number of aromatic nitrogens is 5. The molecule has 2 aromatic carbocycles. The molecule has 0 aliphatic heterocycles. The number of imidazole rings is 1. The number of benzene rings is 2. The fraction of sp³-hybridized carbons (Fsp3) is 0.125. The monoisotopic (exact) mass is 506 g/mol. The van der Waals surface area contributed by atoms with Gasteiger partial charge in [0.2, 0.25) is 0 Å². The topological polar surface area (TPSA) is 69.3 Å². The molecule has 0 aliphatic rings. The molecule has 3 heterocycles. The van der Waals surface area contributed by atoms with Gasteiger partial charge in [0.05, 0.1) is 18.5 Å². The van der Waals surface area contributed by atoms with Gasteiger partial charge in [-0.05, 0) is 71.7 Å². The van der Waals surface area contributed by atoms with Crippen molar-refractivity contribution < 1.29 is 9.13 Å². The summed E-state index contributed by atoms with van der Waals surface area (Å²) in [4.78, 5) is 9.01. The van der Waals surface area contributed by atoms with Crippen molar-refractivity contribution in [2.24, 2.45) is 0 Å². The number of aryl methyl sites for hydroxylation is 2. The SMILES string of the molecule is COc1cc(Nc2cc(Br)cn3cc(-c4ccc(F)cc4C)nc23)ccc1-n1cnc(C)n1. The van der Waals surface area contributed by atoms with E-state index < -0.39 is 0 Å². The van der Waals surface area contributed by atoms with Gasteiger partial charge in [0, 0.05) is 34.2 Å². The molecule has 5 aromatic rings. The van der Waals surface area contributed by atoms with Gasteiger partial charge in [-0.1, -0.05) is 0 Å². The Kier molecular flexibility index (Phi) is 5.33. The van der Waals surface area contributed by atoms with Gasteiger partial charge in [-0.3, -0.25) is 0 Å². The molecule has 0 unspecified atom stereocenters. The van der Waals surface area contributed by atoms with Crippen LogP contribution in [0.2, 0.25) is 0 Å². The van der Waals surface area contributed by atoms with Crippen molar-refractivity contribution in [1.82, 2.24) is 24.1 Å². The number of fused-ring (bicyclic) bond motifs is 1. The third-order valence-electron chi connectivity index (χ3n) is 5.29. The van der Waals surface area contributed by atoms with Crippen LogP contribution in [0.4, 0.5) is 15.8 Å². The zero-order valence-electron chi connectivity index (χ0n) is 18.2. The molecule has 33 heavy (non-hydrogen) atoms. The summed E-state index contributed by atoms with van der Waals surface area (Å²) in [5, 5.41) is 7.80. The summed E-state index contributed by atoms with van der Waals surface area (Å²) in [6, 6.07) is 12.4. The number of nitrogens with zero attached hydrogens (tertiary/aromatic N) is 5. The van der Waals surface area contributed by atoms with Gasteiger partial charge < -0.3 is 14.5 Å². The second kappa shape index (κ2) is 8.32. The predicted molar refractivity (Wildman–Crippen MR) is 129 cm³/mol. The van der Waals surface area contributed by atoms with E-state index in [0.29, 0.717) is 11.6 Å². The highest BCUT2D eigenvalue weighted by molar-refractivity contribution is 9.10. The van der Waals surface area contributed by atoms with Gasteiger partial charge in [0.1, 0.15) is 29.4 Å². The van der Waals surface area contributed by atoms with Crippen molar-refractivity contribution in [2.45, 2.75) is 13.8 Å². The zero-order chi connectivity index (χ0) is 23.1. The van der Waals surface area contributed by atoms with Crippen molar-refractivity contribution in [2.75, 3.05) is 12.4 Å². The average molecular weight is 507 g/mol. The number of nitrogens with one attached hydrogen (secondary N) is 1. The Morgan fingerprint density at radius 2 is 1.91 bits per heavy atom. The first-order valence-electron chi connectivity index (χ1n) is 10.2. The van der Waals surface area contributed by atoms with E-state index in [0.717, 1.165) is 44.0 Å². The lowest BCUT2D eigenvalue weighted by Crippen LogP contribution is -2.01. The Hall–Kier alpha value is -3.72. The molecule has 3 aromatic heterocycles. The van der Waals surface area contributed by atoms with E-state index >= 15 is 0 Å². The fourth-order valence-electron chi connectivity index (χ4n) is 3.76. The minimum atomic E-state index is -0.261. The lowest BCUT2D eigenvalue weighted by Gasteiger charge is -2.13. The van der Waals surface area contributed by atoms with Crippen LogP contribution in [-0.4, -0.2) is 31.3 Å². The molecular formula is C24H20BrFN6O. The lowest BCUT2D eigenvalue weighted by molar-refractivity contribution is 0.412. The van der Waals surface area contributed by atoms with Crippen LogP contribution in [0.3, 0.4) is 0 Å². The van der Waals surface area contributed by atoms with Crippen LogP contribution >= 0.6 is 15.9 Å². The van der Waals surface area contributed by atoms with Crippen LogP contribution in [0.15, 0.2) is 65.7 Å². The molecule has 1 N–H and O–H groups in total. The predicted octanol–water partition coefficient (Wildman–Crippen LogP) is 5.85. The molecule has 7 nitrogen and oxygen atoms in total. The number of pyridine rings is 1. The number of hydrogen-bond donors (Lipinski definition) is 1. The van der Waals surface area contributed by atoms with Crippen molar-refractivity contribution in [3.8, 4) is 22.7 Å². The number of hydrogen-bond acceptors (Lipinski definition) is 5. The van der Waals surface area contributed by atoms with Crippen LogP contribution in [0, 0.1) is 19.7 Å². The fourth-order valence-corrected chi connectivity index (χ4v) is 4.21. The minimum Gasteiger partial charge on any atom is -0.494 e. The molecule has 9 heteroatoms. The smallest absolute Gasteiger partial charge is 0.161 e. The largest absolute Gasteiger partial charge is 0.494 e. The summed E-state index contributed by atoms with van der Waals surface area (Å²) in [5.41, 5.74) is 5.65. The molecular weight excluding hydrogens is 487 g/mol. The van der Waals surface area contributed by atoms with E-state index in [2.05, 4.69) is 31.3 Å². The van der Waals surface area contributed by atoms with Gasteiger partial charge in [-0.15, -0.1) is 0 Å². The van der Waals surface area contributed by atoms with Gasteiger partial charge in [-0.2, -0.15) is 5.10 Å². The van der Waals surface area contributed by atoms with E-state index in [9.17, 15) is 4.39 Å². The van der Waals surface area contributed by atoms with Gasteiger partial charge in [0.15, 0.2) is 5.65 Å². The van der Waals surface area contributed by atoms with Crippen molar-refractivity contribution in [3.63, 3.8) is 0 Å². The third kappa shape index (κ3) is 4.07. The molecule has 0 saturated carbocycles. The van der Waals surface area contributed by atoms with Crippen LogP contribution in [0.5, 0.6) is 5.75 Å². The number of ether oxygens (including phenoxy) is 1.